The number of hydrogen-bond donors (Lipinski definition) is 1. The van der Waals surface area contributed by atoms with Gasteiger partial charge in [0.15, 0.2) is 6.61 Å². The van der Waals surface area contributed by atoms with Gasteiger partial charge in [-0.05, 0) is 25.5 Å². The van der Waals surface area contributed by atoms with E-state index in [4.69, 9.17) is 16.3 Å². The topological polar surface area (TPSA) is 68.3 Å². The van der Waals surface area contributed by atoms with Gasteiger partial charge in [-0.15, -0.1) is 11.3 Å². The van der Waals surface area contributed by atoms with Crippen LogP contribution in [0.15, 0.2) is 48.5 Å². The molecule has 1 heterocycles. The van der Waals surface area contributed by atoms with Crippen LogP contribution in [-0.4, -0.2) is 23.5 Å². The second-order valence-corrected chi connectivity index (χ2v) is 8.27. The van der Waals surface area contributed by atoms with Crippen LogP contribution >= 0.6 is 22.9 Å². The zero-order valence-electron chi connectivity index (χ0n) is 16.2. The quantitative estimate of drug-likeness (QED) is 0.563. The molecular formula is C22H21ClN2O3S. The van der Waals surface area contributed by atoms with Crippen LogP contribution in [-0.2, 0) is 27.3 Å². The van der Waals surface area contributed by atoms with Gasteiger partial charge in [0.05, 0.1) is 17.1 Å². The molecule has 0 aliphatic rings. The van der Waals surface area contributed by atoms with Gasteiger partial charge in [-0.2, -0.15) is 0 Å². The molecule has 0 saturated heterocycles. The summed E-state index contributed by atoms with van der Waals surface area (Å²) in [6.45, 7) is 3.87. The Morgan fingerprint density at radius 2 is 1.83 bits per heavy atom. The van der Waals surface area contributed by atoms with E-state index in [1.165, 1.54) is 11.3 Å². The maximum atomic E-state index is 12.2. The van der Waals surface area contributed by atoms with Crippen LogP contribution < -0.4 is 5.32 Å². The molecule has 0 aliphatic heterocycles. The summed E-state index contributed by atoms with van der Waals surface area (Å²) in [4.78, 5) is 29.6. The molecule has 0 spiro atoms. The molecule has 5 nitrogen and oxygen atoms in total. The maximum Gasteiger partial charge on any atom is 0.311 e. The highest BCUT2D eigenvalue weighted by Gasteiger charge is 2.16. The third-order valence-electron chi connectivity index (χ3n) is 4.23. The van der Waals surface area contributed by atoms with Crippen LogP contribution in [0, 0.1) is 13.8 Å². The summed E-state index contributed by atoms with van der Waals surface area (Å²) >= 11 is 7.52. The molecule has 3 aromatic rings. The molecule has 0 aliphatic carbocycles. The number of aryl methyl sites for hydroxylation is 2. The van der Waals surface area contributed by atoms with E-state index in [1.54, 1.807) is 6.07 Å². The largest absolute Gasteiger partial charge is 0.455 e. The number of carbonyl (C=O) groups is 2. The number of esters is 1. The van der Waals surface area contributed by atoms with Gasteiger partial charge in [-0.25, -0.2) is 4.98 Å². The highest BCUT2D eigenvalue weighted by atomic mass is 35.5. The standard InChI is InChI=1S/C22H21ClN2O3S/c1-14-7-9-16(10-8-14)22-19(29-15(2)25-22)11-21(27)28-13-20(26)24-12-17-5-3-4-6-18(17)23/h3-10H,11-13H2,1-2H3,(H,24,26). The second-order valence-electron chi connectivity index (χ2n) is 6.58. The SMILES string of the molecule is Cc1ccc(-c2nc(C)sc2CC(=O)OCC(=O)NCc2ccccc2Cl)cc1. The van der Waals surface area contributed by atoms with Gasteiger partial charge in [0.25, 0.3) is 5.91 Å². The highest BCUT2D eigenvalue weighted by molar-refractivity contribution is 7.12. The molecule has 2 aromatic carbocycles. The summed E-state index contributed by atoms with van der Waals surface area (Å²) in [6.07, 6.45) is 0.0759. The van der Waals surface area contributed by atoms with E-state index in [9.17, 15) is 9.59 Å². The molecule has 0 unspecified atom stereocenters. The Hall–Kier alpha value is -2.70. The molecule has 1 aromatic heterocycles. The van der Waals surface area contributed by atoms with E-state index >= 15 is 0 Å². The maximum absolute atomic E-state index is 12.2. The van der Waals surface area contributed by atoms with Crippen LogP contribution in [0.2, 0.25) is 5.02 Å². The molecule has 29 heavy (non-hydrogen) atoms. The number of ether oxygens (including phenoxy) is 1. The van der Waals surface area contributed by atoms with Crippen LogP contribution in [0.3, 0.4) is 0 Å². The molecule has 1 N–H and O–H groups in total. The average molecular weight is 429 g/mol. The van der Waals surface area contributed by atoms with Crippen molar-refractivity contribution >= 4 is 34.8 Å². The highest BCUT2D eigenvalue weighted by Crippen LogP contribution is 2.29. The van der Waals surface area contributed by atoms with Crippen LogP contribution in [0.25, 0.3) is 11.3 Å². The molecule has 1 amide bonds. The lowest BCUT2D eigenvalue weighted by Crippen LogP contribution is -2.28. The first-order valence-electron chi connectivity index (χ1n) is 9.11. The van der Waals surface area contributed by atoms with Crippen molar-refractivity contribution in [3.8, 4) is 11.3 Å². The van der Waals surface area contributed by atoms with Gasteiger partial charge in [-0.3, -0.25) is 9.59 Å². The number of aromatic nitrogens is 1. The van der Waals surface area contributed by atoms with Crippen molar-refractivity contribution in [3.05, 3.63) is 74.6 Å². The average Bonchev–Trinajstić information content (AvgIpc) is 3.06. The summed E-state index contributed by atoms with van der Waals surface area (Å²) in [5, 5.41) is 4.15. The number of amides is 1. The van der Waals surface area contributed by atoms with E-state index < -0.39 is 5.97 Å². The van der Waals surface area contributed by atoms with Crippen LogP contribution in [0.1, 0.15) is 21.0 Å². The Morgan fingerprint density at radius 3 is 2.55 bits per heavy atom. The Kier molecular flexibility index (Phi) is 7.01. The Morgan fingerprint density at radius 1 is 1.10 bits per heavy atom. The Labute approximate surface area is 178 Å². The number of halogens is 1. The normalized spacial score (nSPS) is 10.6. The summed E-state index contributed by atoms with van der Waals surface area (Å²) in [5.74, 6) is -0.840. The number of nitrogens with zero attached hydrogens (tertiary/aromatic N) is 1. The molecule has 0 fully saturated rings. The van der Waals surface area contributed by atoms with E-state index in [2.05, 4.69) is 10.3 Å². The van der Waals surface area contributed by atoms with Crippen molar-refractivity contribution in [1.29, 1.82) is 0 Å². The van der Waals surface area contributed by atoms with E-state index in [0.717, 1.165) is 32.3 Å². The smallest absolute Gasteiger partial charge is 0.311 e. The minimum Gasteiger partial charge on any atom is -0.455 e. The Bertz CT molecular complexity index is 1020. The predicted octanol–water partition coefficient (Wildman–Crippen LogP) is 4.48. The lowest BCUT2D eigenvalue weighted by Gasteiger charge is -2.08. The fourth-order valence-electron chi connectivity index (χ4n) is 2.74. The zero-order valence-corrected chi connectivity index (χ0v) is 17.8. The fourth-order valence-corrected chi connectivity index (χ4v) is 3.89. The van der Waals surface area contributed by atoms with Gasteiger partial charge in [-0.1, -0.05) is 59.6 Å². The molecule has 3 rings (SSSR count). The molecule has 150 valence electrons. The molecular weight excluding hydrogens is 408 g/mol. The van der Waals surface area contributed by atoms with Crippen molar-refractivity contribution < 1.29 is 14.3 Å². The van der Waals surface area contributed by atoms with Crippen molar-refractivity contribution in [3.63, 3.8) is 0 Å². The van der Waals surface area contributed by atoms with Crippen molar-refractivity contribution in [2.75, 3.05) is 6.61 Å². The number of thiazole rings is 1. The van der Waals surface area contributed by atoms with Crippen molar-refractivity contribution in [2.24, 2.45) is 0 Å². The van der Waals surface area contributed by atoms with E-state index in [0.29, 0.717) is 5.02 Å². The summed E-state index contributed by atoms with van der Waals surface area (Å²) in [6, 6.07) is 15.2. The van der Waals surface area contributed by atoms with Gasteiger partial charge >= 0.3 is 5.97 Å². The van der Waals surface area contributed by atoms with Crippen molar-refractivity contribution in [2.45, 2.75) is 26.8 Å². The first kappa shape index (κ1) is 21.0. The molecule has 0 radical (unpaired) electrons. The summed E-state index contributed by atoms with van der Waals surface area (Å²) in [7, 11) is 0. The molecule has 0 saturated carbocycles. The minimum atomic E-state index is -0.463. The first-order chi connectivity index (χ1) is 13.9. The van der Waals surface area contributed by atoms with Gasteiger partial charge < -0.3 is 10.1 Å². The van der Waals surface area contributed by atoms with E-state index in [-0.39, 0.29) is 25.5 Å². The third-order valence-corrected chi connectivity index (χ3v) is 5.57. The monoisotopic (exact) mass is 428 g/mol. The summed E-state index contributed by atoms with van der Waals surface area (Å²) < 4.78 is 5.14. The number of rotatable bonds is 7. The molecule has 0 bridgehead atoms. The molecule has 7 heteroatoms. The lowest BCUT2D eigenvalue weighted by atomic mass is 10.1. The fraction of sp³-hybridized carbons (Fsp3) is 0.227. The zero-order chi connectivity index (χ0) is 20.8. The van der Waals surface area contributed by atoms with E-state index in [1.807, 2.05) is 56.3 Å². The van der Waals surface area contributed by atoms with Crippen LogP contribution in [0.4, 0.5) is 0 Å². The second kappa shape index (κ2) is 9.67. The number of benzene rings is 2. The summed E-state index contributed by atoms with van der Waals surface area (Å²) in [5.41, 5.74) is 3.70. The lowest BCUT2D eigenvalue weighted by molar-refractivity contribution is -0.147. The van der Waals surface area contributed by atoms with Gasteiger partial charge in [0, 0.05) is 22.0 Å². The van der Waals surface area contributed by atoms with Gasteiger partial charge in [0.2, 0.25) is 0 Å². The van der Waals surface area contributed by atoms with Gasteiger partial charge in [0.1, 0.15) is 0 Å². The minimum absolute atomic E-state index is 0.0759. The molecule has 0 atom stereocenters. The van der Waals surface area contributed by atoms with Crippen LogP contribution in [0.5, 0.6) is 0 Å². The third kappa shape index (κ3) is 5.89. The predicted molar refractivity (Wildman–Crippen MR) is 115 cm³/mol. The first-order valence-corrected chi connectivity index (χ1v) is 10.3. The number of carbonyl (C=O) groups excluding carboxylic acids is 2. The Balaban J connectivity index is 1.54. The van der Waals surface area contributed by atoms with Crippen molar-refractivity contribution in [1.82, 2.24) is 10.3 Å². The number of hydrogen-bond acceptors (Lipinski definition) is 5. The number of nitrogens with one attached hydrogen (secondary N) is 1.